The maximum atomic E-state index is 13.1. The van der Waals surface area contributed by atoms with Crippen LogP contribution in [0.4, 0.5) is 5.69 Å². The zero-order chi connectivity index (χ0) is 36.9. The molecule has 5 rings (SSSR count). The maximum absolute atomic E-state index is 13.1. The van der Waals surface area contributed by atoms with Gasteiger partial charge in [0.15, 0.2) is 0 Å². The van der Waals surface area contributed by atoms with Crippen LogP contribution in [0.5, 0.6) is 0 Å². The van der Waals surface area contributed by atoms with Crippen molar-refractivity contribution in [1.82, 2.24) is 14.7 Å². The Morgan fingerprint density at radius 1 is 0.962 bits per heavy atom. The fourth-order valence-corrected chi connectivity index (χ4v) is 7.95. The molecule has 0 spiro atoms. The highest BCUT2D eigenvalue weighted by molar-refractivity contribution is 5.94. The molecule has 12 heteroatoms. The van der Waals surface area contributed by atoms with E-state index in [4.69, 9.17) is 10.5 Å². The van der Waals surface area contributed by atoms with Gasteiger partial charge in [0.05, 0.1) is 28.3 Å². The van der Waals surface area contributed by atoms with Gasteiger partial charge in [-0.3, -0.25) is 24.7 Å². The number of benzene rings is 3. The molecule has 0 aliphatic carbocycles. The number of piperidine rings is 1. The van der Waals surface area contributed by atoms with Crippen LogP contribution in [-0.4, -0.2) is 84.0 Å². The number of carbonyl (C=O) groups excluding carboxylic acids is 2. The monoisotopic (exact) mass is 704 g/mol. The first-order chi connectivity index (χ1) is 25.4. The van der Waals surface area contributed by atoms with E-state index in [0.29, 0.717) is 44.5 Å². The molecule has 12 nitrogen and oxygen atoms in total. The second-order valence-electron chi connectivity index (χ2n) is 13.6. The van der Waals surface area contributed by atoms with Crippen molar-refractivity contribution in [3.05, 3.63) is 134 Å². The number of carbonyl (C=O) groups is 2. The van der Waals surface area contributed by atoms with Crippen molar-refractivity contribution in [3.8, 4) is 0 Å². The van der Waals surface area contributed by atoms with Crippen molar-refractivity contribution >= 4 is 24.2 Å². The molecule has 3 aromatic carbocycles. The van der Waals surface area contributed by atoms with Crippen LogP contribution in [0.15, 0.2) is 106 Å². The molecule has 0 N–H and O–H groups in total. The van der Waals surface area contributed by atoms with E-state index in [2.05, 4.69) is 75.6 Å². The van der Waals surface area contributed by atoms with Gasteiger partial charge in [-0.1, -0.05) is 84.8 Å². The Morgan fingerprint density at radius 3 is 2.13 bits per heavy atom. The Bertz CT molecular complexity index is 1720. The third kappa shape index (κ3) is 8.58. The van der Waals surface area contributed by atoms with Gasteiger partial charge in [0.2, 0.25) is 12.8 Å². The molecule has 0 radical (unpaired) electrons. The summed E-state index contributed by atoms with van der Waals surface area (Å²) < 4.78 is 0. The van der Waals surface area contributed by atoms with Crippen LogP contribution in [0.25, 0.3) is 10.4 Å². The molecular formula is C40H48N8O4. The quantitative estimate of drug-likeness (QED) is 0.0254. The number of nitro benzene ring substituents is 1. The molecule has 1 fully saturated rings. The van der Waals surface area contributed by atoms with Gasteiger partial charge in [0, 0.05) is 48.3 Å². The third-order valence-corrected chi connectivity index (χ3v) is 10.6. The number of amides is 2. The van der Waals surface area contributed by atoms with Crippen LogP contribution in [-0.2, 0) is 15.0 Å². The zero-order valence-electron chi connectivity index (χ0n) is 30.1. The molecule has 272 valence electrons. The maximum Gasteiger partial charge on any atom is 0.269 e. The van der Waals surface area contributed by atoms with E-state index in [-0.39, 0.29) is 11.1 Å². The number of unbranched alkanes of at least 4 members (excludes halogenated alkanes) is 1. The minimum absolute atomic E-state index is 0.0367. The molecule has 2 aliphatic rings. The molecule has 0 aromatic heterocycles. The van der Waals surface area contributed by atoms with Crippen molar-refractivity contribution in [3.63, 3.8) is 0 Å². The van der Waals surface area contributed by atoms with Gasteiger partial charge in [-0.2, -0.15) is 0 Å². The molecular weight excluding hydrogens is 656 g/mol. The molecule has 2 amide bonds. The predicted molar refractivity (Wildman–Crippen MR) is 203 cm³/mol. The van der Waals surface area contributed by atoms with Crippen LogP contribution in [0.1, 0.15) is 74.5 Å². The largest absolute Gasteiger partial charge is 0.339 e. The van der Waals surface area contributed by atoms with Crippen molar-refractivity contribution in [2.24, 2.45) is 10.1 Å². The minimum atomic E-state index is -0.487. The highest BCUT2D eigenvalue weighted by Gasteiger charge is 2.41. The lowest BCUT2D eigenvalue weighted by Crippen LogP contribution is -2.48. The zero-order valence-corrected chi connectivity index (χ0v) is 30.1. The molecule has 0 bridgehead atoms. The molecule has 0 saturated carbocycles. The van der Waals surface area contributed by atoms with Crippen LogP contribution >= 0.6 is 0 Å². The fourth-order valence-electron chi connectivity index (χ4n) is 7.95. The minimum Gasteiger partial charge on any atom is -0.339 e. The first-order valence-electron chi connectivity index (χ1n) is 18.1. The first kappa shape index (κ1) is 37.9. The van der Waals surface area contributed by atoms with Crippen molar-refractivity contribution < 1.29 is 14.5 Å². The molecule has 2 unspecified atom stereocenters. The van der Waals surface area contributed by atoms with Crippen molar-refractivity contribution in [2.75, 3.05) is 39.8 Å². The lowest BCUT2D eigenvalue weighted by atomic mass is 9.68. The number of likely N-dealkylation sites (N-methyl/N-ethyl adjacent to an activating group) is 1. The number of nitrogens with zero attached hydrogens (tertiary/aromatic N) is 8. The Hall–Kier alpha value is -5.32. The summed E-state index contributed by atoms with van der Waals surface area (Å²) in [5.74, 6) is -0.479. The summed E-state index contributed by atoms with van der Waals surface area (Å²) >= 11 is 0. The summed E-state index contributed by atoms with van der Waals surface area (Å²) in [4.78, 5) is 50.2. The van der Waals surface area contributed by atoms with Gasteiger partial charge in [0.25, 0.3) is 5.69 Å². The van der Waals surface area contributed by atoms with E-state index in [9.17, 15) is 19.7 Å². The second-order valence-corrected chi connectivity index (χ2v) is 13.6. The highest BCUT2D eigenvalue weighted by Crippen LogP contribution is 2.43. The number of nitro groups is 1. The van der Waals surface area contributed by atoms with Gasteiger partial charge >= 0.3 is 0 Å². The van der Waals surface area contributed by atoms with Crippen molar-refractivity contribution in [2.45, 2.75) is 69.2 Å². The lowest BCUT2D eigenvalue weighted by molar-refractivity contribution is -0.384. The number of allylic oxidation sites excluding steroid dienone is 1. The Kier molecular flexibility index (Phi) is 13.3. The molecule has 52 heavy (non-hydrogen) atoms. The summed E-state index contributed by atoms with van der Waals surface area (Å²) in [5.41, 5.74) is 14.3. The highest BCUT2D eigenvalue weighted by atomic mass is 16.6. The molecule has 2 aliphatic heterocycles. The van der Waals surface area contributed by atoms with Gasteiger partial charge in [-0.15, -0.1) is 0 Å². The summed E-state index contributed by atoms with van der Waals surface area (Å²) in [6.07, 6.45) is 6.77. The van der Waals surface area contributed by atoms with E-state index in [1.807, 2.05) is 6.92 Å². The number of hydrogen-bond acceptors (Lipinski definition) is 7. The van der Waals surface area contributed by atoms with Gasteiger partial charge in [-0.05, 0) is 86.8 Å². The Morgan fingerprint density at radius 2 is 1.60 bits per heavy atom. The number of rotatable bonds is 18. The number of non-ortho nitro benzene ring substituents is 1. The SMILES string of the molecule is CCC1=NC(CCCCN=[N+]=[N-])=C(N(C=O)CCCN2CCC(c3ccccc3)(c3ccccc3)CC2)C(c2ccc([N+](=O)[O-])cc2)C1N(C)C=O. The number of likely N-dealkylation sites (tertiary alicyclic amines) is 1. The third-order valence-electron chi connectivity index (χ3n) is 10.6. The van der Waals surface area contributed by atoms with Crippen LogP contribution < -0.4 is 0 Å². The number of aliphatic imine (C=N–C) groups is 1. The smallest absolute Gasteiger partial charge is 0.269 e. The number of hydrogen-bond donors (Lipinski definition) is 0. The van der Waals surface area contributed by atoms with E-state index >= 15 is 0 Å². The van der Waals surface area contributed by atoms with Gasteiger partial charge < -0.3 is 14.7 Å². The Labute approximate surface area is 305 Å². The normalized spacial score (nSPS) is 18.5. The topological polar surface area (TPSA) is 148 Å². The van der Waals surface area contributed by atoms with Gasteiger partial charge in [0.1, 0.15) is 0 Å². The Balaban J connectivity index is 1.41. The van der Waals surface area contributed by atoms with Crippen LogP contribution in [0.2, 0.25) is 0 Å². The molecule has 3 aromatic rings. The molecule has 2 heterocycles. The average Bonchev–Trinajstić information content (AvgIpc) is 3.19. The lowest BCUT2D eigenvalue weighted by Gasteiger charge is -2.43. The summed E-state index contributed by atoms with van der Waals surface area (Å²) in [6, 6.07) is 27.4. The van der Waals surface area contributed by atoms with Crippen LogP contribution in [0.3, 0.4) is 0 Å². The standard InChI is InChI=1S/C40H48N8O4/c1-3-35-38(45(2)29-49)37(31-18-20-34(21-19-31)48(51)52)39(36(43-35)17-10-11-24-42-44-41)47(30-50)26-12-25-46-27-22-40(23-28-46,32-13-6-4-7-14-32)33-15-8-5-9-16-33/h4-9,13-16,18-21,29-30,37-38H,3,10-12,17,22-28H2,1-2H3. The average molecular weight is 705 g/mol. The molecule has 1 saturated heterocycles. The van der Waals surface area contributed by atoms with Crippen LogP contribution in [0, 0.1) is 10.1 Å². The summed E-state index contributed by atoms with van der Waals surface area (Å²) in [6.45, 7) is 5.44. The fraction of sp³-hybridized carbons (Fsp3) is 0.425. The first-order valence-corrected chi connectivity index (χ1v) is 18.1. The van der Waals surface area contributed by atoms with Crippen molar-refractivity contribution in [1.29, 1.82) is 0 Å². The summed E-state index contributed by atoms with van der Waals surface area (Å²) in [7, 11) is 1.70. The van der Waals surface area contributed by atoms with E-state index in [1.165, 1.54) is 23.3 Å². The summed E-state index contributed by atoms with van der Waals surface area (Å²) in [5, 5.41) is 15.2. The second kappa shape index (κ2) is 18.3. The van der Waals surface area contributed by atoms with E-state index in [1.54, 1.807) is 29.0 Å². The van der Waals surface area contributed by atoms with E-state index in [0.717, 1.165) is 68.7 Å². The van der Waals surface area contributed by atoms with Gasteiger partial charge in [-0.25, -0.2) is 0 Å². The molecule has 2 atom stereocenters. The number of azide groups is 1. The predicted octanol–water partition coefficient (Wildman–Crippen LogP) is 7.62. The van der Waals surface area contributed by atoms with E-state index < -0.39 is 16.9 Å².